The first-order chi connectivity index (χ1) is 10.8. The van der Waals surface area contributed by atoms with E-state index >= 15 is 0 Å². The van der Waals surface area contributed by atoms with E-state index < -0.39 is 0 Å². The van der Waals surface area contributed by atoms with Gasteiger partial charge in [-0.2, -0.15) is 0 Å². The number of aromatic nitrogens is 3. The zero-order chi connectivity index (χ0) is 15.1. The van der Waals surface area contributed by atoms with E-state index in [0.29, 0.717) is 0 Å². The minimum absolute atomic E-state index is 0.743. The highest BCUT2D eigenvalue weighted by molar-refractivity contribution is 9.10. The van der Waals surface area contributed by atoms with Gasteiger partial charge in [0, 0.05) is 5.39 Å². The molecule has 112 valence electrons. The van der Waals surface area contributed by atoms with E-state index in [0.717, 1.165) is 27.2 Å². The summed E-state index contributed by atoms with van der Waals surface area (Å²) < 4.78 is 2.86. The maximum absolute atomic E-state index is 4.29. The Hall–Kier alpha value is -1.33. The number of hydrogen-bond donors (Lipinski definition) is 0. The molecule has 4 rings (SSSR count). The fourth-order valence-electron chi connectivity index (χ4n) is 2.94. The van der Waals surface area contributed by atoms with E-state index in [1.54, 1.807) is 11.8 Å². The van der Waals surface area contributed by atoms with Gasteiger partial charge in [0.1, 0.15) is 0 Å². The van der Waals surface area contributed by atoms with Crippen molar-refractivity contribution in [1.82, 2.24) is 14.8 Å². The summed E-state index contributed by atoms with van der Waals surface area (Å²) >= 11 is 5.25. The Balaban J connectivity index is 1.96. The van der Waals surface area contributed by atoms with Crippen LogP contribution in [0.15, 0.2) is 46.3 Å². The topological polar surface area (TPSA) is 30.7 Å². The van der Waals surface area contributed by atoms with Gasteiger partial charge in [0.2, 0.25) is 4.73 Å². The monoisotopic (exact) mass is 373 g/mol. The molecule has 0 atom stereocenters. The quantitative estimate of drug-likeness (QED) is 0.590. The number of hydrogen-bond acceptors (Lipinski definition) is 3. The molecule has 0 aliphatic heterocycles. The molecule has 1 aromatic heterocycles. The van der Waals surface area contributed by atoms with Crippen LogP contribution in [-0.4, -0.2) is 20.5 Å². The second-order valence-corrected chi connectivity index (χ2v) is 7.45. The van der Waals surface area contributed by atoms with Crippen molar-refractivity contribution in [2.75, 3.05) is 5.75 Å². The van der Waals surface area contributed by atoms with Gasteiger partial charge in [-0.1, -0.05) is 49.0 Å². The molecule has 5 heteroatoms. The molecule has 0 spiro atoms. The zero-order valence-corrected chi connectivity index (χ0v) is 14.7. The summed E-state index contributed by atoms with van der Waals surface area (Å²) in [4.78, 5) is 0. The molecule has 1 saturated carbocycles. The Bertz CT molecular complexity index is 839. The molecule has 0 radical (unpaired) electrons. The van der Waals surface area contributed by atoms with Crippen LogP contribution < -0.4 is 0 Å². The first-order valence-electron chi connectivity index (χ1n) is 7.55. The summed E-state index contributed by atoms with van der Waals surface area (Å²) in [5, 5.41) is 12.0. The number of rotatable bonds is 4. The van der Waals surface area contributed by atoms with E-state index in [9.17, 15) is 0 Å². The molecule has 22 heavy (non-hydrogen) atoms. The highest BCUT2D eigenvalue weighted by Crippen LogP contribution is 2.44. The number of thioether (sulfide) groups is 1. The molecule has 3 nitrogen and oxygen atoms in total. The summed E-state index contributed by atoms with van der Waals surface area (Å²) in [5.41, 5.74) is 2.63. The standard InChI is InChI=1S/C17H16BrN3S/c1-2-22-17-20-19-16(18)21(17)15-8-4-6-13-12(11-9-10-11)5-3-7-14(13)15/h3-8,11H,2,9-10H2,1H3. The van der Waals surface area contributed by atoms with E-state index in [1.165, 1.54) is 29.2 Å². The first-order valence-corrected chi connectivity index (χ1v) is 9.33. The van der Waals surface area contributed by atoms with Gasteiger partial charge in [0.05, 0.1) is 5.69 Å². The highest BCUT2D eigenvalue weighted by Gasteiger charge is 2.25. The molecule has 1 aliphatic rings. The molecule has 0 unspecified atom stereocenters. The van der Waals surface area contributed by atoms with Gasteiger partial charge in [0.15, 0.2) is 5.16 Å². The van der Waals surface area contributed by atoms with E-state index in [4.69, 9.17) is 0 Å². The summed E-state index contributed by atoms with van der Waals surface area (Å²) in [6.45, 7) is 2.13. The van der Waals surface area contributed by atoms with Crippen molar-refractivity contribution in [3.05, 3.63) is 46.7 Å². The first kappa shape index (κ1) is 14.3. The average molecular weight is 374 g/mol. The lowest BCUT2D eigenvalue weighted by Gasteiger charge is -2.13. The number of benzene rings is 2. The van der Waals surface area contributed by atoms with Crippen molar-refractivity contribution >= 4 is 38.5 Å². The molecule has 1 heterocycles. The van der Waals surface area contributed by atoms with Crippen molar-refractivity contribution in [3.63, 3.8) is 0 Å². The minimum Gasteiger partial charge on any atom is -0.264 e. The van der Waals surface area contributed by atoms with E-state index in [2.05, 4.69) is 74.0 Å². The second kappa shape index (κ2) is 5.70. The lowest BCUT2D eigenvalue weighted by Crippen LogP contribution is -1.99. The fraction of sp³-hybridized carbons (Fsp3) is 0.294. The molecular weight excluding hydrogens is 358 g/mol. The largest absolute Gasteiger partial charge is 0.264 e. The SMILES string of the molecule is CCSc1nnc(Br)n1-c1cccc2c(C3CC3)cccc12. The summed E-state index contributed by atoms with van der Waals surface area (Å²) in [5.74, 6) is 1.72. The van der Waals surface area contributed by atoms with Gasteiger partial charge in [-0.15, -0.1) is 10.2 Å². The summed E-state index contributed by atoms with van der Waals surface area (Å²) in [6.07, 6.45) is 2.63. The van der Waals surface area contributed by atoms with Crippen LogP contribution in [0.2, 0.25) is 0 Å². The minimum atomic E-state index is 0.743. The molecule has 0 saturated heterocycles. The normalized spacial score (nSPS) is 14.6. The van der Waals surface area contributed by atoms with Crippen LogP contribution in [0.4, 0.5) is 0 Å². The number of nitrogens with zero attached hydrogens (tertiary/aromatic N) is 3. The van der Waals surface area contributed by atoms with Gasteiger partial charge < -0.3 is 0 Å². The fourth-order valence-corrected chi connectivity index (χ4v) is 4.17. The summed E-state index contributed by atoms with van der Waals surface area (Å²) in [6, 6.07) is 13.2. The van der Waals surface area contributed by atoms with Gasteiger partial charge in [-0.25, -0.2) is 0 Å². The average Bonchev–Trinajstić information content (AvgIpc) is 3.32. The van der Waals surface area contributed by atoms with Crippen molar-refractivity contribution in [1.29, 1.82) is 0 Å². The van der Waals surface area contributed by atoms with Crippen LogP contribution in [0.3, 0.4) is 0 Å². The maximum atomic E-state index is 4.29. The molecule has 3 aromatic rings. The van der Waals surface area contributed by atoms with Crippen LogP contribution >= 0.6 is 27.7 Å². The Morgan fingerprint density at radius 2 is 1.91 bits per heavy atom. The molecular formula is C17H16BrN3S. The zero-order valence-electron chi connectivity index (χ0n) is 12.3. The van der Waals surface area contributed by atoms with Crippen LogP contribution in [-0.2, 0) is 0 Å². The molecule has 0 amide bonds. The predicted molar refractivity (Wildman–Crippen MR) is 94.9 cm³/mol. The number of halogens is 1. The van der Waals surface area contributed by atoms with Crippen LogP contribution in [0.1, 0.15) is 31.2 Å². The lowest BCUT2D eigenvalue weighted by molar-refractivity contribution is 0.882. The van der Waals surface area contributed by atoms with Gasteiger partial charge in [0.25, 0.3) is 0 Å². The third-order valence-corrected chi connectivity index (χ3v) is 5.38. The van der Waals surface area contributed by atoms with E-state index in [1.807, 2.05) is 0 Å². The van der Waals surface area contributed by atoms with Crippen LogP contribution in [0.25, 0.3) is 16.5 Å². The van der Waals surface area contributed by atoms with Gasteiger partial charge >= 0.3 is 0 Å². The van der Waals surface area contributed by atoms with Gasteiger partial charge in [-0.05, 0) is 57.5 Å². The Kier molecular flexibility index (Phi) is 3.70. The van der Waals surface area contributed by atoms with Crippen molar-refractivity contribution in [3.8, 4) is 5.69 Å². The van der Waals surface area contributed by atoms with Crippen molar-refractivity contribution in [2.24, 2.45) is 0 Å². The maximum Gasteiger partial charge on any atom is 0.205 e. The Labute approximate surface area is 142 Å². The molecule has 0 N–H and O–H groups in total. The van der Waals surface area contributed by atoms with Crippen molar-refractivity contribution < 1.29 is 0 Å². The molecule has 1 aliphatic carbocycles. The Morgan fingerprint density at radius 1 is 1.14 bits per heavy atom. The smallest absolute Gasteiger partial charge is 0.205 e. The third-order valence-electron chi connectivity index (χ3n) is 4.06. The van der Waals surface area contributed by atoms with E-state index in [-0.39, 0.29) is 0 Å². The summed E-state index contributed by atoms with van der Waals surface area (Å²) in [7, 11) is 0. The predicted octanol–water partition coefficient (Wildman–Crippen LogP) is 5.17. The molecule has 1 fully saturated rings. The van der Waals surface area contributed by atoms with Crippen LogP contribution in [0.5, 0.6) is 0 Å². The lowest BCUT2D eigenvalue weighted by atomic mass is 10.00. The highest BCUT2D eigenvalue weighted by atomic mass is 79.9. The molecule has 2 aromatic carbocycles. The third kappa shape index (κ3) is 2.36. The Morgan fingerprint density at radius 3 is 2.68 bits per heavy atom. The number of fused-ring (bicyclic) bond motifs is 1. The van der Waals surface area contributed by atoms with Crippen LogP contribution in [0, 0.1) is 0 Å². The van der Waals surface area contributed by atoms with Gasteiger partial charge in [-0.3, -0.25) is 4.57 Å². The second-order valence-electron chi connectivity index (χ2n) is 5.51. The molecule has 0 bridgehead atoms. The van der Waals surface area contributed by atoms with Crippen molar-refractivity contribution in [2.45, 2.75) is 30.8 Å².